The van der Waals surface area contributed by atoms with Crippen LogP contribution in [0.3, 0.4) is 0 Å². The molecule has 1 aromatic rings. The van der Waals surface area contributed by atoms with Crippen molar-refractivity contribution in [1.29, 1.82) is 0 Å². The highest BCUT2D eigenvalue weighted by Gasteiger charge is 2.15. The molecule has 0 saturated carbocycles. The molecule has 3 heteroatoms. The zero-order valence-electron chi connectivity index (χ0n) is 6.64. The van der Waals surface area contributed by atoms with E-state index in [0.29, 0.717) is 5.56 Å². The number of aliphatic hydroxyl groups is 2. The molecule has 0 aliphatic heterocycles. The largest absolute Gasteiger partial charge is 0.395 e. The van der Waals surface area contributed by atoms with E-state index < -0.39 is 12.1 Å². The zero-order chi connectivity index (χ0) is 8.97. The minimum atomic E-state index is -0.892. The van der Waals surface area contributed by atoms with Crippen LogP contribution < -0.4 is 5.73 Å². The highest BCUT2D eigenvalue weighted by Crippen LogP contribution is 2.14. The maximum absolute atomic E-state index is 9.44. The quantitative estimate of drug-likeness (QED) is 0.681. The summed E-state index contributed by atoms with van der Waals surface area (Å²) in [5.74, 6) is 0. The third kappa shape index (κ3) is 2.04. The molecule has 0 aliphatic carbocycles. The Hall–Kier alpha value is -0.900. The number of aliphatic hydroxyl groups excluding tert-OH is 2. The first kappa shape index (κ1) is 9.19. The average molecular weight is 166 g/mol. The minimum Gasteiger partial charge on any atom is -0.395 e. The first-order valence-corrected chi connectivity index (χ1v) is 3.80. The van der Waals surface area contributed by atoms with Gasteiger partial charge in [0.15, 0.2) is 0 Å². The molecule has 0 fully saturated rings. The summed E-state index contributed by atoms with van der Waals surface area (Å²) in [6, 6.07) is 8.05. The van der Waals surface area contributed by atoms with E-state index in [9.17, 15) is 5.11 Å². The Balaban J connectivity index is 2.71. The van der Waals surface area contributed by atoms with Crippen LogP contribution in [0.4, 0.5) is 0 Å². The Labute approximate surface area is 71.5 Å². The van der Waals surface area contributed by atoms with Crippen molar-refractivity contribution >= 4 is 0 Å². The van der Waals surface area contributed by atoms with Gasteiger partial charge in [-0.15, -0.1) is 0 Å². The normalized spacial score (nSPS) is 15.6. The molecule has 0 spiro atoms. The molecular weight excluding hydrogens is 154 g/mol. The highest BCUT2D eigenvalue weighted by atomic mass is 16.3. The first-order valence-electron chi connectivity index (χ1n) is 3.80. The Morgan fingerprint density at radius 3 is 2.33 bits per heavy atom. The van der Waals surface area contributed by atoms with Crippen LogP contribution in [0, 0.1) is 0 Å². The molecule has 2 unspecified atom stereocenters. The summed E-state index contributed by atoms with van der Waals surface area (Å²) in [5, 5.41) is 18.1. The maximum atomic E-state index is 9.44. The van der Waals surface area contributed by atoms with Crippen LogP contribution in [0.2, 0.25) is 0 Å². The van der Waals surface area contributed by atoms with Crippen molar-refractivity contribution in [3.8, 4) is 0 Å². The van der Waals surface area contributed by atoms with E-state index in [1.807, 2.05) is 6.07 Å². The van der Waals surface area contributed by atoms with Crippen LogP contribution in [-0.4, -0.2) is 22.9 Å². The third-order valence-electron chi connectivity index (χ3n) is 1.72. The van der Waals surface area contributed by atoms with Gasteiger partial charge in [-0.1, -0.05) is 30.3 Å². The molecule has 1 rings (SSSR count). The fraction of sp³-hybridized carbons (Fsp3) is 0.333. The summed E-state index contributed by atoms with van der Waals surface area (Å²) in [6.45, 7) is -0.323. The average Bonchev–Trinajstić information content (AvgIpc) is 2.17. The molecule has 12 heavy (non-hydrogen) atoms. The van der Waals surface area contributed by atoms with Crippen molar-refractivity contribution in [3.63, 3.8) is 0 Å². The fourth-order valence-electron chi connectivity index (χ4n) is 0.982. The van der Waals surface area contributed by atoms with Crippen molar-refractivity contribution in [2.45, 2.75) is 12.1 Å². The van der Waals surface area contributed by atoms with Gasteiger partial charge in [0.25, 0.3) is 0 Å². The van der Waals surface area contributed by atoms with Gasteiger partial charge in [-0.3, -0.25) is 0 Å². The lowest BCUT2D eigenvalue weighted by Crippen LogP contribution is -2.23. The van der Waals surface area contributed by atoms with E-state index in [0.717, 1.165) is 0 Å². The summed E-state index contributed by atoms with van der Waals surface area (Å²) < 4.78 is 0. The van der Waals surface area contributed by atoms with Crippen molar-refractivity contribution < 1.29 is 10.2 Å². The van der Waals surface area contributed by atoms with E-state index in [2.05, 4.69) is 0 Å². The summed E-state index contributed by atoms with van der Waals surface area (Å²) in [6.07, 6.45) is -0.892. The van der Waals surface area contributed by atoms with Crippen molar-refractivity contribution in [1.82, 2.24) is 5.73 Å². The van der Waals surface area contributed by atoms with E-state index in [-0.39, 0.29) is 6.61 Å². The number of hydrogen-bond acceptors (Lipinski definition) is 2. The van der Waals surface area contributed by atoms with Crippen LogP contribution in [0.1, 0.15) is 11.7 Å². The maximum Gasteiger partial charge on any atom is 0.0978 e. The van der Waals surface area contributed by atoms with Gasteiger partial charge in [0.05, 0.1) is 18.8 Å². The first-order chi connectivity index (χ1) is 5.75. The lowest BCUT2D eigenvalue weighted by atomic mass is 10.0. The second kappa shape index (κ2) is 4.21. The topological polar surface area (TPSA) is 64.3 Å². The Kier molecular flexibility index (Phi) is 3.22. The molecule has 0 amide bonds. The van der Waals surface area contributed by atoms with Crippen LogP contribution in [-0.2, 0) is 0 Å². The Bertz CT molecular complexity index is 225. The lowest BCUT2D eigenvalue weighted by Gasteiger charge is -2.15. The van der Waals surface area contributed by atoms with Crippen molar-refractivity contribution in [2.24, 2.45) is 0 Å². The predicted octanol–water partition coefficient (Wildman–Crippen LogP) is 0.364. The smallest absolute Gasteiger partial charge is 0.0978 e. The zero-order valence-corrected chi connectivity index (χ0v) is 6.64. The second-order valence-electron chi connectivity index (χ2n) is 2.64. The molecule has 65 valence electrons. The molecule has 0 bridgehead atoms. The molecule has 3 N–H and O–H groups in total. The van der Waals surface area contributed by atoms with Crippen molar-refractivity contribution in [2.75, 3.05) is 6.61 Å². The molecule has 0 aromatic heterocycles. The van der Waals surface area contributed by atoms with Crippen LogP contribution in [0.25, 0.3) is 0 Å². The number of nitrogens with one attached hydrogen (secondary N) is 1. The van der Waals surface area contributed by atoms with Gasteiger partial charge in [0, 0.05) is 0 Å². The molecular formula is C9H12NO2. The molecule has 1 aromatic carbocycles. The highest BCUT2D eigenvalue weighted by molar-refractivity contribution is 5.18. The summed E-state index contributed by atoms with van der Waals surface area (Å²) >= 11 is 0. The van der Waals surface area contributed by atoms with E-state index in [4.69, 9.17) is 10.8 Å². The molecule has 0 saturated heterocycles. The van der Waals surface area contributed by atoms with Crippen LogP contribution in [0.15, 0.2) is 30.3 Å². The fourth-order valence-corrected chi connectivity index (χ4v) is 0.982. The van der Waals surface area contributed by atoms with Gasteiger partial charge in [0.1, 0.15) is 0 Å². The van der Waals surface area contributed by atoms with E-state index in [1.165, 1.54) is 0 Å². The molecule has 1 radical (unpaired) electrons. The monoisotopic (exact) mass is 166 g/mol. The van der Waals surface area contributed by atoms with Gasteiger partial charge < -0.3 is 10.2 Å². The Morgan fingerprint density at radius 1 is 1.25 bits per heavy atom. The second-order valence-corrected chi connectivity index (χ2v) is 2.64. The number of hydrogen-bond donors (Lipinski definition) is 2. The summed E-state index contributed by atoms with van der Waals surface area (Å²) in [4.78, 5) is 0. The molecule has 2 atom stereocenters. The Morgan fingerprint density at radius 2 is 1.83 bits per heavy atom. The predicted molar refractivity (Wildman–Crippen MR) is 45.4 cm³/mol. The van der Waals surface area contributed by atoms with Gasteiger partial charge in [0.2, 0.25) is 0 Å². The third-order valence-corrected chi connectivity index (χ3v) is 1.72. The van der Waals surface area contributed by atoms with E-state index in [1.54, 1.807) is 24.3 Å². The number of benzene rings is 1. The van der Waals surface area contributed by atoms with Crippen molar-refractivity contribution in [3.05, 3.63) is 35.9 Å². The SMILES string of the molecule is [NH]C(CO)C(O)c1ccccc1. The van der Waals surface area contributed by atoms with E-state index >= 15 is 0 Å². The van der Waals surface area contributed by atoms with Gasteiger partial charge in [-0.2, -0.15) is 0 Å². The van der Waals surface area contributed by atoms with Gasteiger partial charge in [-0.25, -0.2) is 5.73 Å². The lowest BCUT2D eigenvalue weighted by molar-refractivity contribution is 0.106. The summed E-state index contributed by atoms with van der Waals surface area (Å²) in [7, 11) is 0. The molecule has 0 aliphatic rings. The molecule has 3 nitrogen and oxygen atoms in total. The standard InChI is InChI=1S/C9H12NO2/c10-8(6-11)9(12)7-4-2-1-3-5-7/h1-5,8-12H,6H2. The summed E-state index contributed by atoms with van der Waals surface area (Å²) in [5.41, 5.74) is 7.94. The van der Waals surface area contributed by atoms with Gasteiger partial charge >= 0.3 is 0 Å². The number of rotatable bonds is 3. The minimum absolute atomic E-state index is 0.323. The van der Waals surface area contributed by atoms with Crippen LogP contribution in [0.5, 0.6) is 0 Å². The molecule has 0 heterocycles. The van der Waals surface area contributed by atoms with Gasteiger partial charge in [-0.05, 0) is 5.56 Å². The van der Waals surface area contributed by atoms with Crippen LogP contribution >= 0.6 is 0 Å².